The van der Waals surface area contributed by atoms with E-state index >= 15 is 0 Å². The minimum Gasteiger partial charge on any atom is -0.486 e. The molecule has 146 valence electrons. The average molecular weight is 385 g/mol. The molecule has 3 rings (SSSR count). The van der Waals surface area contributed by atoms with Gasteiger partial charge in [0.15, 0.2) is 11.6 Å². The summed E-state index contributed by atoms with van der Waals surface area (Å²) in [6.07, 6.45) is 1.87. The Kier molecular flexibility index (Phi) is 6.03. The summed E-state index contributed by atoms with van der Waals surface area (Å²) in [6, 6.07) is 11.6. The maximum atomic E-state index is 13.7. The van der Waals surface area contributed by atoms with Crippen molar-refractivity contribution in [3.63, 3.8) is 0 Å². The van der Waals surface area contributed by atoms with E-state index in [1.165, 1.54) is 6.07 Å². The first kappa shape index (κ1) is 19.5. The van der Waals surface area contributed by atoms with Crippen molar-refractivity contribution >= 4 is 5.91 Å². The quantitative estimate of drug-likeness (QED) is 0.661. The highest BCUT2D eigenvalue weighted by molar-refractivity contribution is 5.94. The van der Waals surface area contributed by atoms with E-state index in [1.54, 1.807) is 28.9 Å². The highest BCUT2D eigenvalue weighted by Crippen LogP contribution is 2.19. The van der Waals surface area contributed by atoms with Crippen LogP contribution in [0.5, 0.6) is 5.75 Å². The van der Waals surface area contributed by atoms with Crippen LogP contribution >= 0.6 is 0 Å². The Morgan fingerprint density at radius 2 is 2.04 bits per heavy atom. The summed E-state index contributed by atoms with van der Waals surface area (Å²) >= 11 is 0. The van der Waals surface area contributed by atoms with Gasteiger partial charge in [0.1, 0.15) is 12.4 Å². The largest absolute Gasteiger partial charge is 0.486 e. The molecule has 0 aliphatic carbocycles. The van der Waals surface area contributed by atoms with Gasteiger partial charge in [-0.25, -0.2) is 8.78 Å². The monoisotopic (exact) mass is 385 g/mol. The lowest BCUT2D eigenvalue weighted by Crippen LogP contribution is -2.27. The van der Waals surface area contributed by atoms with E-state index in [0.29, 0.717) is 11.1 Å². The minimum atomic E-state index is -0.769. The van der Waals surface area contributed by atoms with Crippen LogP contribution in [0.15, 0.2) is 54.7 Å². The molecule has 0 saturated carbocycles. The van der Waals surface area contributed by atoms with Crippen LogP contribution in [0.2, 0.25) is 0 Å². The van der Waals surface area contributed by atoms with Crippen molar-refractivity contribution in [1.82, 2.24) is 15.1 Å². The van der Waals surface area contributed by atoms with Gasteiger partial charge in [-0.2, -0.15) is 5.10 Å². The number of amides is 1. The maximum absolute atomic E-state index is 13.7. The summed E-state index contributed by atoms with van der Waals surface area (Å²) in [5, 5.41) is 7.30. The zero-order valence-corrected chi connectivity index (χ0v) is 15.7. The van der Waals surface area contributed by atoms with Crippen molar-refractivity contribution in [2.45, 2.75) is 33.0 Å². The van der Waals surface area contributed by atoms with Crippen molar-refractivity contribution in [2.24, 2.45) is 0 Å². The van der Waals surface area contributed by atoms with Gasteiger partial charge < -0.3 is 10.1 Å². The number of rotatable bonds is 7. The summed E-state index contributed by atoms with van der Waals surface area (Å²) in [7, 11) is 0. The number of aromatic nitrogens is 2. The molecule has 1 atom stereocenters. The van der Waals surface area contributed by atoms with Gasteiger partial charge in [-0.05, 0) is 49.7 Å². The fraction of sp³-hybridized carbons (Fsp3) is 0.238. The molecule has 0 fully saturated rings. The van der Waals surface area contributed by atoms with Crippen LogP contribution in [0, 0.1) is 11.6 Å². The number of hydrogen-bond donors (Lipinski definition) is 1. The van der Waals surface area contributed by atoms with Crippen LogP contribution < -0.4 is 10.1 Å². The smallest absolute Gasteiger partial charge is 0.251 e. The highest BCUT2D eigenvalue weighted by Gasteiger charge is 2.14. The zero-order valence-electron chi connectivity index (χ0n) is 15.7. The van der Waals surface area contributed by atoms with Crippen molar-refractivity contribution in [1.29, 1.82) is 0 Å². The molecule has 1 N–H and O–H groups in total. The lowest BCUT2D eigenvalue weighted by molar-refractivity contribution is 0.0939. The first-order valence-corrected chi connectivity index (χ1v) is 8.97. The molecule has 1 amide bonds. The SMILES string of the molecule is CCn1ccc(C(C)NC(=O)c2cccc(COc3ccc(F)cc3F)c2)n1. The Balaban J connectivity index is 1.64. The van der Waals surface area contributed by atoms with E-state index in [9.17, 15) is 13.6 Å². The number of nitrogens with one attached hydrogen (secondary N) is 1. The van der Waals surface area contributed by atoms with Gasteiger partial charge in [-0.1, -0.05) is 12.1 Å². The van der Waals surface area contributed by atoms with Crippen LogP contribution in [-0.4, -0.2) is 15.7 Å². The lowest BCUT2D eigenvalue weighted by atomic mass is 10.1. The van der Waals surface area contributed by atoms with Gasteiger partial charge in [0.2, 0.25) is 0 Å². The molecule has 1 unspecified atom stereocenters. The molecule has 0 aliphatic heterocycles. The second-order valence-corrected chi connectivity index (χ2v) is 6.36. The van der Waals surface area contributed by atoms with Crippen LogP contribution in [0.4, 0.5) is 8.78 Å². The van der Waals surface area contributed by atoms with E-state index in [1.807, 2.05) is 26.1 Å². The Hall–Kier alpha value is -3.22. The minimum absolute atomic E-state index is 0.0450. The normalized spacial score (nSPS) is 11.9. The van der Waals surface area contributed by atoms with Crippen LogP contribution in [-0.2, 0) is 13.2 Å². The average Bonchev–Trinajstić information content (AvgIpc) is 3.17. The molecule has 1 heterocycles. The molecule has 0 radical (unpaired) electrons. The van der Waals surface area contributed by atoms with Crippen LogP contribution in [0.3, 0.4) is 0 Å². The molecule has 5 nitrogen and oxygen atoms in total. The van der Waals surface area contributed by atoms with Crippen molar-refractivity contribution in [2.75, 3.05) is 0 Å². The number of aryl methyl sites for hydroxylation is 1. The van der Waals surface area contributed by atoms with Crippen LogP contribution in [0.1, 0.15) is 41.5 Å². The highest BCUT2D eigenvalue weighted by atomic mass is 19.1. The second-order valence-electron chi connectivity index (χ2n) is 6.36. The van der Waals surface area contributed by atoms with Gasteiger partial charge in [0.05, 0.1) is 11.7 Å². The fourth-order valence-electron chi connectivity index (χ4n) is 2.69. The fourth-order valence-corrected chi connectivity index (χ4v) is 2.69. The van der Waals surface area contributed by atoms with Crippen molar-refractivity contribution in [3.05, 3.63) is 83.2 Å². The topological polar surface area (TPSA) is 56.2 Å². The predicted octanol–water partition coefficient (Wildman–Crippen LogP) is 4.25. The molecule has 0 bridgehead atoms. The van der Waals surface area contributed by atoms with E-state index in [2.05, 4.69) is 10.4 Å². The Morgan fingerprint density at radius 3 is 2.75 bits per heavy atom. The van der Waals surface area contributed by atoms with Gasteiger partial charge >= 0.3 is 0 Å². The molecule has 2 aromatic carbocycles. The van der Waals surface area contributed by atoms with E-state index in [4.69, 9.17) is 4.74 Å². The third kappa shape index (κ3) is 4.73. The van der Waals surface area contributed by atoms with Gasteiger partial charge in [-0.15, -0.1) is 0 Å². The number of nitrogens with zero attached hydrogens (tertiary/aromatic N) is 2. The number of ether oxygens (including phenoxy) is 1. The summed E-state index contributed by atoms with van der Waals surface area (Å²) in [5.41, 5.74) is 1.93. The van der Waals surface area contributed by atoms with E-state index in [0.717, 1.165) is 24.4 Å². The van der Waals surface area contributed by atoms with Gasteiger partial charge in [-0.3, -0.25) is 9.48 Å². The number of halogens is 2. The number of carbonyl (C=O) groups excluding carboxylic acids is 1. The van der Waals surface area contributed by atoms with Gasteiger partial charge in [0, 0.05) is 24.4 Å². The Morgan fingerprint density at radius 1 is 1.21 bits per heavy atom. The predicted molar refractivity (Wildman–Crippen MR) is 101 cm³/mol. The van der Waals surface area contributed by atoms with Crippen molar-refractivity contribution in [3.8, 4) is 5.75 Å². The van der Waals surface area contributed by atoms with Gasteiger partial charge in [0.25, 0.3) is 5.91 Å². The summed E-state index contributed by atoms with van der Waals surface area (Å²) in [4.78, 5) is 12.5. The molecule has 7 heteroatoms. The number of carbonyl (C=O) groups is 1. The standard InChI is InChI=1S/C21H21F2N3O2/c1-3-26-10-9-19(25-26)14(2)24-21(27)16-6-4-5-15(11-16)13-28-20-8-7-17(22)12-18(20)23/h4-12,14H,3,13H2,1-2H3,(H,24,27). The number of hydrogen-bond acceptors (Lipinski definition) is 3. The molecule has 28 heavy (non-hydrogen) atoms. The Labute approximate surface area is 161 Å². The van der Waals surface area contributed by atoms with Crippen LogP contribution in [0.25, 0.3) is 0 Å². The Bertz CT molecular complexity index is 972. The molecule has 0 saturated heterocycles. The lowest BCUT2D eigenvalue weighted by Gasteiger charge is -2.13. The molecule has 0 aliphatic rings. The third-order valence-electron chi connectivity index (χ3n) is 4.25. The molecular weight excluding hydrogens is 364 g/mol. The third-order valence-corrected chi connectivity index (χ3v) is 4.25. The first-order valence-electron chi connectivity index (χ1n) is 8.97. The molecular formula is C21H21F2N3O2. The number of benzene rings is 2. The maximum Gasteiger partial charge on any atom is 0.251 e. The van der Waals surface area contributed by atoms with Crippen molar-refractivity contribution < 1.29 is 18.3 Å². The molecule has 3 aromatic rings. The molecule has 1 aromatic heterocycles. The second kappa shape index (κ2) is 8.65. The van der Waals surface area contributed by atoms with E-state index in [-0.39, 0.29) is 24.3 Å². The zero-order chi connectivity index (χ0) is 20.1. The summed E-state index contributed by atoms with van der Waals surface area (Å²) in [6.45, 7) is 4.67. The summed E-state index contributed by atoms with van der Waals surface area (Å²) in [5.74, 6) is -1.72. The first-order chi connectivity index (χ1) is 13.5. The summed E-state index contributed by atoms with van der Waals surface area (Å²) < 4.78 is 33.8. The molecule has 0 spiro atoms. The van der Waals surface area contributed by atoms with E-state index < -0.39 is 11.6 Å².